The Labute approximate surface area is 126 Å². The molecule has 4 nitrogen and oxygen atoms in total. The smallest absolute Gasteiger partial charge is 0.314 e. The number of rotatable bonds is 4. The number of benzene rings is 2. The molecule has 1 aliphatic carbocycles. The van der Waals surface area contributed by atoms with Crippen LogP contribution in [0.15, 0.2) is 48.5 Å². The number of halogens is 1. The van der Waals surface area contributed by atoms with Gasteiger partial charge in [0.25, 0.3) is 0 Å². The van der Waals surface area contributed by atoms with Gasteiger partial charge in [-0.2, -0.15) is 0 Å². The van der Waals surface area contributed by atoms with Gasteiger partial charge in [-0.05, 0) is 36.2 Å². The lowest BCUT2D eigenvalue weighted by molar-refractivity contribution is -0.135. The monoisotopic (exact) mass is 299 g/mol. The van der Waals surface area contributed by atoms with E-state index in [0.29, 0.717) is 12.0 Å². The van der Waals surface area contributed by atoms with Gasteiger partial charge in [0.2, 0.25) is 5.91 Å². The first-order chi connectivity index (χ1) is 10.6. The van der Waals surface area contributed by atoms with E-state index in [2.05, 4.69) is 0 Å². The van der Waals surface area contributed by atoms with E-state index in [1.807, 2.05) is 0 Å². The van der Waals surface area contributed by atoms with Crippen molar-refractivity contribution in [3.05, 3.63) is 65.5 Å². The number of esters is 1. The fraction of sp³-hybridized carbons (Fsp3) is 0.176. The van der Waals surface area contributed by atoms with Gasteiger partial charge in [-0.15, -0.1) is 0 Å². The highest BCUT2D eigenvalue weighted by Gasteiger charge is 2.46. The van der Waals surface area contributed by atoms with Crippen LogP contribution in [0.25, 0.3) is 0 Å². The maximum absolute atomic E-state index is 13.7. The largest absolute Gasteiger partial charge is 0.426 e. The van der Waals surface area contributed by atoms with Crippen LogP contribution < -0.4 is 10.5 Å². The first-order valence-electron chi connectivity index (χ1n) is 6.92. The van der Waals surface area contributed by atoms with E-state index in [1.54, 1.807) is 36.4 Å². The van der Waals surface area contributed by atoms with Crippen LogP contribution in [0.1, 0.15) is 28.3 Å². The number of carbonyl (C=O) groups is 2. The molecule has 1 amide bonds. The zero-order valence-electron chi connectivity index (χ0n) is 11.7. The van der Waals surface area contributed by atoms with E-state index < -0.39 is 11.9 Å². The Kier molecular flexibility index (Phi) is 3.63. The molecule has 0 aliphatic heterocycles. The van der Waals surface area contributed by atoms with Crippen LogP contribution in [0, 0.1) is 11.7 Å². The molecule has 0 bridgehead atoms. The lowest BCUT2D eigenvalue weighted by Gasteiger charge is -2.05. The van der Waals surface area contributed by atoms with Crippen LogP contribution in [0.5, 0.6) is 5.75 Å². The Hall–Kier alpha value is -2.69. The first kappa shape index (κ1) is 14.3. The molecule has 2 atom stereocenters. The molecule has 112 valence electrons. The molecule has 1 fully saturated rings. The van der Waals surface area contributed by atoms with Crippen molar-refractivity contribution in [2.45, 2.75) is 12.3 Å². The van der Waals surface area contributed by atoms with E-state index in [4.69, 9.17) is 10.5 Å². The van der Waals surface area contributed by atoms with Crippen LogP contribution in [-0.4, -0.2) is 11.9 Å². The summed E-state index contributed by atoms with van der Waals surface area (Å²) in [7, 11) is 0. The summed E-state index contributed by atoms with van der Waals surface area (Å²) in [5, 5.41) is 0. The molecule has 2 aromatic carbocycles. The Morgan fingerprint density at radius 2 is 1.91 bits per heavy atom. The summed E-state index contributed by atoms with van der Waals surface area (Å²) in [6, 6.07) is 12.5. The molecule has 2 unspecified atom stereocenters. The van der Waals surface area contributed by atoms with Crippen molar-refractivity contribution >= 4 is 11.9 Å². The Bertz CT molecular complexity index is 744. The van der Waals surface area contributed by atoms with Crippen LogP contribution >= 0.6 is 0 Å². The van der Waals surface area contributed by atoms with E-state index in [1.165, 1.54) is 12.1 Å². The number of hydrogen-bond acceptors (Lipinski definition) is 3. The van der Waals surface area contributed by atoms with Gasteiger partial charge in [-0.1, -0.05) is 24.3 Å². The van der Waals surface area contributed by atoms with Crippen molar-refractivity contribution in [1.29, 1.82) is 0 Å². The minimum atomic E-state index is -0.589. The van der Waals surface area contributed by atoms with E-state index in [9.17, 15) is 14.0 Å². The highest BCUT2D eigenvalue weighted by atomic mass is 19.1. The molecule has 0 aromatic heterocycles. The van der Waals surface area contributed by atoms with Crippen molar-refractivity contribution in [2.24, 2.45) is 11.7 Å². The summed E-state index contributed by atoms with van der Waals surface area (Å²) in [6.07, 6.45) is 0.565. The Balaban J connectivity index is 1.68. The second-order valence-electron chi connectivity index (χ2n) is 5.28. The molecule has 22 heavy (non-hydrogen) atoms. The molecule has 0 heterocycles. The van der Waals surface area contributed by atoms with Crippen LogP contribution in [-0.2, 0) is 4.79 Å². The fourth-order valence-electron chi connectivity index (χ4n) is 2.48. The van der Waals surface area contributed by atoms with E-state index >= 15 is 0 Å². The maximum Gasteiger partial charge on any atom is 0.314 e. The van der Waals surface area contributed by atoms with Gasteiger partial charge in [-0.25, -0.2) is 4.39 Å². The molecule has 2 aromatic rings. The van der Waals surface area contributed by atoms with Crippen LogP contribution in [0.2, 0.25) is 0 Å². The molecule has 5 heteroatoms. The number of hydrogen-bond donors (Lipinski definition) is 1. The zero-order chi connectivity index (χ0) is 15.7. The fourth-order valence-corrected chi connectivity index (χ4v) is 2.48. The van der Waals surface area contributed by atoms with E-state index in [-0.39, 0.29) is 29.0 Å². The van der Waals surface area contributed by atoms with Gasteiger partial charge >= 0.3 is 5.97 Å². The topological polar surface area (TPSA) is 69.4 Å². The summed E-state index contributed by atoms with van der Waals surface area (Å²) in [5.41, 5.74) is 5.99. The summed E-state index contributed by atoms with van der Waals surface area (Å²) < 4.78 is 18.9. The molecule has 0 radical (unpaired) electrons. The number of primary amides is 1. The van der Waals surface area contributed by atoms with Gasteiger partial charge in [0.15, 0.2) is 0 Å². The predicted molar refractivity (Wildman–Crippen MR) is 77.8 cm³/mol. The maximum atomic E-state index is 13.7. The summed E-state index contributed by atoms with van der Waals surface area (Å²) in [5.74, 6) is -1.55. The lowest BCUT2D eigenvalue weighted by atomic mass is 10.1. The summed E-state index contributed by atoms with van der Waals surface area (Å²) in [4.78, 5) is 23.2. The normalized spacial score (nSPS) is 19.5. The highest BCUT2D eigenvalue weighted by Crippen LogP contribution is 2.48. The lowest BCUT2D eigenvalue weighted by Crippen LogP contribution is -2.14. The van der Waals surface area contributed by atoms with Gasteiger partial charge in [0.1, 0.15) is 11.6 Å². The third kappa shape index (κ3) is 2.83. The van der Waals surface area contributed by atoms with Crippen LogP contribution in [0.4, 0.5) is 4.39 Å². The standard InChI is InChI=1S/C17H14FNO3/c18-15-7-2-1-6-12(15)13-9-14(13)17(21)22-11-5-3-4-10(8-11)16(19)20/h1-8,13-14H,9H2,(H2,19,20). The third-order valence-electron chi connectivity index (χ3n) is 3.73. The second kappa shape index (κ2) is 5.60. The SMILES string of the molecule is NC(=O)c1cccc(OC(=O)C2CC2c2ccccc2F)c1. The van der Waals surface area contributed by atoms with Gasteiger partial charge in [-0.3, -0.25) is 9.59 Å². The van der Waals surface area contributed by atoms with Gasteiger partial charge in [0.05, 0.1) is 5.92 Å². The Morgan fingerprint density at radius 1 is 1.14 bits per heavy atom. The van der Waals surface area contributed by atoms with Crippen LogP contribution in [0.3, 0.4) is 0 Å². The highest BCUT2D eigenvalue weighted by molar-refractivity contribution is 5.93. The first-order valence-corrected chi connectivity index (χ1v) is 6.92. The minimum absolute atomic E-state index is 0.145. The predicted octanol–water partition coefficient (Wildman–Crippen LogP) is 2.63. The molecular formula is C17H14FNO3. The van der Waals surface area contributed by atoms with E-state index in [0.717, 1.165) is 0 Å². The van der Waals surface area contributed by atoms with Gasteiger partial charge in [0, 0.05) is 11.5 Å². The zero-order valence-corrected chi connectivity index (χ0v) is 11.7. The van der Waals surface area contributed by atoms with Gasteiger partial charge < -0.3 is 10.5 Å². The molecule has 0 saturated heterocycles. The van der Waals surface area contributed by atoms with Crippen molar-refractivity contribution in [2.75, 3.05) is 0 Å². The molecule has 0 spiro atoms. The van der Waals surface area contributed by atoms with Crippen molar-refractivity contribution < 1.29 is 18.7 Å². The average Bonchev–Trinajstić information content (AvgIpc) is 3.28. The third-order valence-corrected chi connectivity index (χ3v) is 3.73. The second-order valence-corrected chi connectivity index (χ2v) is 5.28. The summed E-state index contributed by atoms with van der Waals surface area (Å²) >= 11 is 0. The van der Waals surface area contributed by atoms with Crippen molar-refractivity contribution in [1.82, 2.24) is 0 Å². The number of ether oxygens (including phenoxy) is 1. The number of amides is 1. The molecule has 1 aliphatic rings. The average molecular weight is 299 g/mol. The minimum Gasteiger partial charge on any atom is -0.426 e. The summed E-state index contributed by atoms with van der Waals surface area (Å²) in [6.45, 7) is 0. The van der Waals surface area contributed by atoms with Crippen molar-refractivity contribution in [3.63, 3.8) is 0 Å². The Morgan fingerprint density at radius 3 is 2.64 bits per heavy atom. The quantitative estimate of drug-likeness (QED) is 0.697. The molecule has 1 saturated carbocycles. The number of nitrogens with two attached hydrogens (primary N) is 1. The molecule has 2 N–H and O–H groups in total. The molecular weight excluding hydrogens is 285 g/mol. The number of carbonyl (C=O) groups excluding carboxylic acids is 2. The molecule has 3 rings (SSSR count). The van der Waals surface area contributed by atoms with Crippen molar-refractivity contribution in [3.8, 4) is 5.75 Å².